The van der Waals surface area contributed by atoms with E-state index in [-0.39, 0.29) is 28.7 Å². The van der Waals surface area contributed by atoms with Crippen LogP contribution in [-0.4, -0.2) is 25.2 Å². The fraction of sp³-hybridized carbons (Fsp3) is 0.357. The number of hydrogen-bond donors (Lipinski definition) is 1. The predicted octanol–water partition coefficient (Wildman–Crippen LogP) is 2.70. The average molecular weight is 296 g/mol. The Morgan fingerprint density at radius 1 is 1.30 bits per heavy atom. The summed E-state index contributed by atoms with van der Waals surface area (Å²) in [6, 6.07) is 6.73. The van der Waals surface area contributed by atoms with Crippen LogP contribution in [0.5, 0.6) is 0 Å². The van der Waals surface area contributed by atoms with Gasteiger partial charge >= 0.3 is 5.97 Å². The number of carbonyl (C=O) groups is 1. The topological polar surface area (TPSA) is 84.6 Å². The maximum Gasteiger partial charge on any atom is 0.372 e. The Hall–Kier alpha value is -1.82. The van der Waals surface area contributed by atoms with Crippen LogP contribution in [-0.2, 0) is 15.6 Å². The summed E-state index contributed by atoms with van der Waals surface area (Å²) in [6.07, 6.45) is 0. The van der Waals surface area contributed by atoms with Gasteiger partial charge in [0.2, 0.25) is 5.76 Å². The molecule has 1 heterocycles. The van der Waals surface area contributed by atoms with Gasteiger partial charge in [0.05, 0.1) is 11.5 Å². The van der Waals surface area contributed by atoms with Gasteiger partial charge in [-0.1, -0.05) is 32.0 Å². The predicted molar refractivity (Wildman–Crippen MR) is 75.5 cm³/mol. The molecule has 5 nitrogen and oxygen atoms in total. The van der Waals surface area contributed by atoms with E-state index >= 15 is 0 Å². The van der Waals surface area contributed by atoms with E-state index in [2.05, 4.69) is 0 Å². The first-order chi connectivity index (χ1) is 9.30. The molecule has 2 aromatic rings. The fourth-order valence-corrected chi connectivity index (χ4v) is 4.06. The van der Waals surface area contributed by atoms with Gasteiger partial charge in [0.15, 0.2) is 9.84 Å². The summed E-state index contributed by atoms with van der Waals surface area (Å²) in [5.41, 5.74) is 0.619. The molecule has 0 bridgehead atoms. The van der Waals surface area contributed by atoms with Crippen LogP contribution in [0.1, 0.15) is 30.0 Å². The molecule has 1 aromatic carbocycles. The molecule has 0 atom stereocenters. The first-order valence-corrected chi connectivity index (χ1v) is 8.06. The quantitative estimate of drug-likeness (QED) is 0.917. The number of sulfone groups is 1. The Morgan fingerprint density at radius 2 is 1.95 bits per heavy atom. The number of benzene rings is 1. The maximum atomic E-state index is 12.1. The van der Waals surface area contributed by atoms with Crippen molar-refractivity contribution in [3.05, 3.63) is 35.6 Å². The van der Waals surface area contributed by atoms with E-state index in [1.807, 2.05) is 13.8 Å². The van der Waals surface area contributed by atoms with Gasteiger partial charge in [0, 0.05) is 10.9 Å². The second-order valence-electron chi connectivity index (χ2n) is 5.16. The van der Waals surface area contributed by atoms with E-state index in [4.69, 9.17) is 9.52 Å². The zero-order chi connectivity index (χ0) is 14.9. The number of para-hydroxylation sites is 1. The Bertz CT molecular complexity index is 740. The monoisotopic (exact) mass is 296 g/mol. The average Bonchev–Trinajstić information content (AvgIpc) is 2.66. The molecule has 20 heavy (non-hydrogen) atoms. The fourth-order valence-electron chi connectivity index (χ4n) is 2.20. The van der Waals surface area contributed by atoms with Gasteiger partial charge < -0.3 is 9.52 Å². The molecular formula is C14H16O5S. The Kier molecular flexibility index (Phi) is 3.85. The van der Waals surface area contributed by atoms with Crippen LogP contribution >= 0.6 is 0 Å². The van der Waals surface area contributed by atoms with Gasteiger partial charge in [-0.15, -0.1) is 0 Å². The molecule has 1 N–H and O–H groups in total. The van der Waals surface area contributed by atoms with Crippen LogP contribution in [0.25, 0.3) is 11.0 Å². The van der Waals surface area contributed by atoms with E-state index in [9.17, 15) is 13.2 Å². The first kappa shape index (κ1) is 14.6. The molecule has 6 heteroatoms. The number of aromatic carboxylic acids is 1. The number of furan rings is 1. The summed E-state index contributed by atoms with van der Waals surface area (Å²) in [5.74, 6) is -1.85. The third kappa shape index (κ3) is 3.01. The van der Waals surface area contributed by atoms with Crippen molar-refractivity contribution in [1.29, 1.82) is 0 Å². The molecule has 0 unspecified atom stereocenters. The second kappa shape index (κ2) is 5.28. The molecule has 0 radical (unpaired) electrons. The lowest BCUT2D eigenvalue weighted by atomic mass is 10.1. The van der Waals surface area contributed by atoms with Crippen molar-refractivity contribution in [3.8, 4) is 0 Å². The normalized spacial score (nSPS) is 12.2. The number of hydrogen-bond acceptors (Lipinski definition) is 4. The summed E-state index contributed by atoms with van der Waals surface area (Å²) >= 11 is 0. The van der Waals surface area contributed by atoms with Gasteiger partial charge in [0.1, 0.15) is 5.58 Å². The van der Waals surface area contributed by atoms with Gasteiger partial charge in [-0.3, -0.25) is 0 Å². The molecular weight excluding hydrogens is 280 g/mol. The zero-order valence-electron chi connectivity index (χ0n) is 11.3. The Labute approximate surface area is 117 Å². The smallest absolute Gasteiger partial charge is 0.372 e. The molecule has 1 aromatic heterocycles. The molecule has 0 saturated carbocycles. The molecule has 2 rings (SSSR count). The van der Waals surface area contributed by atoms with Crippen molar-refractivity contribution in [1.82, 2.24) is 0 Å². The molecule has 0 fully saturated rings. The van der Waals surface area contributed by atoms with Crippen LogP contribution in [0.2, 0.25) is 0 Å². The minimum Gasteiger partial charge on any atom is -0.475 e. The van der Waals surface area contributed by atoms with Gasteiger partial charge in [-0.25, -0.2) is 13.2 Å². The van der Waals surface area contributed by atoms with Crippen LogP contribution in [0, 0.1) is 5.92 Å². The molecule has 0 spiro atoms. The minimum absolute atomic E-state index is 0.00792. The highest BCUT2D eigenvalue weighted by Gasteiger charge is 2.25. The van der Waals surface area contributed by atoms with Crippen LogP contribution in [0.4, 0.5) is 0 Å². The number of carboxylic acid groups (broad SMARTS) is 1. The second-order valence-corrected chi connectivity index (χ2v) is 7.27. The van der Waals surface area contributed by atoms with E-state index in [1.165, 1.54) is 0 Å². The van der Waals surface area contributed by atoms with Gasteiger partial charge in [-0.2, -0.15) is 0 Å². The van der Waals surface area contributed by atoms with Crippen molar-refractivity contribution in [2.45, 2.75) is 19.6 Å². The van der Waals surface area contributed by atoms with Gasteiger partial charge in [-0.05, 0) is 12.0 Å². The van der Waals surface area contributed by atoms with Crippen molar-refractivity contribution in [3.63, 3.8) is 0 Å². The van der Waals surface area contributed by atoms with Crippen LogP contribution in [0.3, 0.4) is 0 Å². The van der Waals surface area contributed by atoms with Crippen molar-refractivity contribution < 1.29 is 22.7 Å². The van der Waals surface area contributed by atoms with E-state index in [1.54, 1.807) is 24.3 Å². The van der Waals surface area contributed by atoms with Crippen LogP contribution in [0.15, 0.2) is 28.7 Å². The summed E-state index contributed by atoms with van der Waals surface area (Å²) in [7, 11) is -3.37. The summed E-state index contributed by atoms with van der Waals surface area (Å²) in [4.78, 5) is 11.2. The Balaban J connectivity index is 2.52. The van der Waals surface area contributed by atoms with Crippen molar-refractivity contribution in [2.24, 2.45) is 5.92 Å². The molecule has 0 aliphatic heterocycles. The summed E-state index contributed by atoms with van der Waals surface area (Å²) in [6.45, 7) is 3.62. The summed E-state index contributed by atoms with van der Waals surface area (Å²) in [5, 5.41) is 9.70. The molecule has 0 amide bonds. The minimum atomic E-state index is -3.37. The lowest BCUT2D eigenvalue weighted by molar-refractivity contribution is 0.0664. The lowest BCUT2D eigenvalue weighted by Crippen LogP contribution is -2.15. The van der Waals surface area contributed by atoms with Crippen LogP contribution < -0.4 is 0 Å². The third-order valence-electron chi connectivity index (χ3n) is 2.84. The van der Waals surface area contributed by atoms with Crippen molar-refractivity contribution >= 4 is 26.8 Å². The SMILES string of the molecule is CC(C)CS(=O)(=O)Cc1c(C(=O)O)oc2ccccc12. The Morgan fingerprint density at radius 3 is 2.55 bits per heavy atom. The number of fused-ring (bicyclic) bond motifs is 1. The third-order valence-corrected chi connectivity index (χ3v) is 4.75. The van der Waals surface area contributed by atoms with E-state index in [0.717, 1.165) is 0 Å². The van der Waals surface area contributed by atoms with E-state index < -0.39 is 15.8 Å². The van der Waals surface area contributed by atoms with Gasteiger partial charge in [0.25, 0.3) is 0 Å². The number of rotatable bonds is 5. The lowest BCUT2D eigenvalue weighted by Gasteiger charge is -2.06. The molecule has 0 aliphatic carbocycles. The molecule has 0 saturated heterocycles. The standard InChI is InChI=1S/C14H16O5S/c1-9(2)7-20(17,18)8-11-10-5-3-4-6-12(10)19-13(11)14(15)16/h3-6,9H,7-8H2,1-2H3,(H,15,16). The highest BCUT2D eigenvalue weighted by Crippen LogP contribution is 2.28. The molecule has 108 valence electrons. The van der Waals surface area contributed by atoms with Crippen molar-refractivity contribution in [2.75, 3.05) is 5.75 Å². The first-order valence-electron chi connectivity index (χ1n) is 6.24. The molecule has 0 aliphatic rings. The van der Waals surface area contributed by atoms with E-state index in [0.29, 0.717) is 11.0 Å². The highest BCUT2D eigenvalue weighted by atomic mass is 32.2. The zero-order valence-corrected chi connectivity index (χ0v) is 12.1. The highest BCUT2D eigenvalue weighted by molar-refractivity contribution is 7.90. The largest absolute Gasteiger partial charge is 0.475 e. The maximum absolute atomic E-state index is 12.1. The number of carboxylic acids is 1. The summed E-state index contributed by atoms with van der Waals surface area (Å²) < 4.78 is 29.4.